The van der Waals surface area contributed by atoms with E-state index >= 15 is 0 Å². The van der Waals surface area contributed by atoms with Crippen LogP contribution in [-0.2, 0) is 11.3 Å². The van der Waals surface area contributed by atoms with Crippen molar-refractivity contribution in [1.82, 2.24) is 4.90 Å². The minimum absolute atomic E-state index is 0.00665. The molecule has 2 amide bonds. The monoisotopic (exact) mass is 330 g/mol. The Bertz CT molecular complexity index is 667. The highest BCUT2D eigenvalue weighted by Gasteiger charge is 2.16. The topological polar surface area (TPSA) is 49.4 Å². The Labute approximate surface area is 141 Å². The van der Waals surface area contributed by atoms with E-state index in [0.29, 0.717) is 11.4 Å². The molecule has 23 heavy (non-hydrogen) atoms. The van der Waals surface area contributed by atoms with E-state index in [1.165, 1.54) is 11.3 Å². The molecule has 0 saturated carbocycles. The summed E-state index contributed by atoms with van der Waals surface area (Å²) in [5.74, 6) is -0.0382. The van der Waals surface area contributed by atoms with Gasteiger partial charge in [0, 0.05) is 25.2 Å². The highest BCUT2D eigenvalue weighted by atomic mass is 32.1. The van der Waals surface area contributed by atoms with Gasteiger partial charge < -0.3 is 10.2 Å². The second-order valence-electron chi connectivity index (χ2n) is 5.59. The Kier molecular flexibility index (Phi) is 5.93. The molecule has 5 heteroatoms. The van der Waals surface area contributed by atoms with E-state index in [1.54, 1.807) is 11.9 Å². The first-order chi connectivity index (χ1) is 11.0. The van der Waals surface area contributed by atoms with Gasteiger partial charge in [0.25, 0.3) is 5.91 Å². The molecule has 1 atom stereocenters. The first-order valence-corrected chi connectivity index (χ1v) is 8.58. The third-order valence-electron chi connectivity index (χ3n) is 3.82. The smallest absolute Gasteiger partial charge is 0.263 e. The van der Waals surface area contributed by atoms with Crippen molar-refractivity contribution in [2.75, 3.05) is 12.4 Å². The molecule has 0 aliphatic heterocycles. The fraction of sp³-hybridized carbons (Fsp3) is 0.333. The largest absolute Gasteiger partial charge is 0.337 e. The van der Waals surface area contributed by atoms with Gasteiger partial charge in [0.15, 0.2) is 0 Å². The van der Waals surface area contributed by atoms with Gasteiger partial charge in [-0.2, -0.15) is 0 Å². The number of nitrogens with zero attached hydrogens (tertiary/aromatic N) is 1. The minimum Gasteiger partial charge on any atom is -0.337 e. The van der Waals surface area contributed by atoms with Gasteiger partial charge in [-0.1, -0.05) is 38.1 Å². The Morgan fingerprint density at radius 2 is 1.96 bits per heavy atom. The van der Waals surface area contributed by atoms with E-state index in [0.717, 1.165) is 17.7 Å². The normalized spacial score (nSPS) is 11.8. The summed E-state index contributed by atoms with van der Waals surface area (Å²) >= 11 is 1.43. The standard InChI is InChI=1S/C18H22N2O2S/c1-4-13(2)17(21)19-15-9-6-5-8-14(15)12-20(3)18(22)16-10-7-11-23-16/h5-11,13H,4,12H2,1-3H3,(H,19,21)/t13-/m1/s1. The number of carbonyl (C=O) groups is 2. The quantitative estimate of drug-likeness (QED) is 0.870. The Balaban J connectivity index is 2.11. The number of hydrogen-bond donors (Lipinski definition) is 1. The molecule has 0 spiro atoms. The number of amides is 2. The van der Waals surface area contributed by atoms with Crippen molar-refractivity contribution in [2.45, 2.75) is 26.8 Å². The number of para-hydroxylation sites is 1. The Hall–Kier alpha value is -2.14. The summed E-state index contributed by atoms with van der Waals surface area (Å²) in [6, 6.07) is 11.3. The maximum atomic E-state index is 12.3. The van der Waals surface area contributed by atoms with Crippen molar-refractivity contribution in [1.29, 1.82) is 0 Å². The van der Waals surface area contributed by atoms with Crippen LogP contribution in [0.1, 0.15) is 35.5 Å². The van der Waals surface area contributed by atoms with Crippen LogP contribution in [0.15, 0.2) is 41.8 Å². The predicted octanol–water partition coefficient (Wildman–Crippen LogP) is 4.00. The maximum absolute atomic E-state index is 12.3. The lowest BCUT2D eigenvalue weighted by atomic mass is 10.1. The molecule has 122 valence electrons. The van der Waals surface area contributed by atoms with Crippen LogP contribution in [0.4, 0.5) is 5.69 Å². The summed E-state index contributed by atoms with van der Waals surface area (Å²) in [5.41, 5.74) is 1.69. The first-order valence-electron chi connectivity index (χ1n) is 7.70. The van der Waals surface area contributed by atoms with E-state index < -0.39 is 0 Å². The number of nitrogens with one attached hydrogen (secondary N) is 1. The lowest BCUT2D eigenvalue weighted by molar-refractivity contribution is -0.119. The van der Waals surface area contributed by atoms with Crippen molar-refractivity contribution < 1.29 is 9.59 Å². The van der Waals surface area contributed by atoms with Crippen LogP contribution in [0.5, 0.6) is 0 Å². The van der Waals surface area contributed by atoms with E-state index in [1.807, 2.05) is 55.6 Å². The summed E-state index contributed by atoms with van der Waals surface area (Å²) in [4.78, 5) is 26.8. The second-order valence-corrected chi connectivity index (χ2v) is 6.54. The zero-order valence-corrected chi connectivity index (χ0v) is 14.5. The van der Waals surface area contributed by atoms with Crippen molar-refractivity contribution in [3.05, 3.63) is 52.2 Å². The average molecular weight is 330 g/mol. The van der Waals surface area contributed by atoms with Gasteiger partial charge in [-0.05, 0) is 29.5 Å². The van der Waals surface area contributed by atoms with Gasteiger partial charge in [-0.3, -0.25) is 9.59 Å². The lowest BCUT2D eigenvalue weighted by Gasteiger charge is -2.19. The highest BCUT2D eigenvalue weighted by molar-refractivity contribution is 7.12. The summed E-state index contributed by atoms with van der Waals surface area (Å²) in [6.07, 6.45) is 0.796. The molecule has 0 radical (unpaired) electrons. The number of anilines is 1. The number of benzene rings is 1. The number of hydrogen-bond acceptors (Lipinski definition) is 3. The maximum Gasteiger partial charge on any atom is 0.263 e. The number of carbonyl (C=O) groups excluding carboxylic acids is 2. The Morgan fingerprint density at radius 3 is 2.61 bits per heavy atom. The van der Waals surface area contributed by atoms with Crippen LogP contribution in [0.25, 0.3) is 0 Å². The molecular weight excluding hydrogens is 308 g/mol. The van der Waals surface area contributed by atoms with E-state index in [2.05, 4.69) is 5.32 Å². The van der Waals surface area contributed by atoms with E-state index in [4.69, 9.17) is 0 Å². The van der Waals surface area contributed by atoms with Gasteiger partial charge >= 0.3 is 0 Å². The molecular formula is C18H22N2O2S. The number of rotatable bonds is 6. The van der Waals surface area contributed by atoms with Crippen molar-refractivity contribution in [3.8, 4) is 0 Å². The zero-order chi connectivity index (χ0) is 16.8. The molecule has 0 unspecified atom stereocenters. The molecule has 4 nitrogen and oxygen atoms in total. The molecule has 0 saturated heterocycles. The number of thiophene rings is 1. The van der Waals surface area contributed by atoms with Gasteiger partial charge in [0.1, 0.15) is 0 Å². The molecule has 0 fully saturated rings. The molecule has 1 heterocycles. The molecule has 1 aromatic carbocycles. The lowest BCUT2D eigenvalue weighted by Crippen LogP contribution is -2.27. The van der Waals surface area contributed by atoms with Crippen LogP contribution >= 0.6 is 11.3 Å². The van der Waals surface area contributed by atoms with E-state index in [-0.39, 0.29) is 17.7 Å². The van der Waals surface area contributed by atoms with Crippen molar-refractivity contribution in [3.63, 3.8) is 0 Å². The average Bonchev–Trinajstić information content (AvgIpc) is 3.09. The minimum atomic E-state index is -0.0338. The SMILES string of the molecule is CC[C@@H](C)C(=O)Nc1ccccc1CN(C)C(=O)c1cccs1. The van der Waals surface area contributed by atoms with E-state index in [9.17, 15) is 9.59 Å². The molecule has 1 aromatic heterocycles. The van der Waals surface area contributed by atoms with Crippen molar-refractivity contribution >= 4 is 28.8 Å². The highest BCUT2D eigenvalue weighted by Crippen LogP contribution is 2.20. The fourth-order valence-corrected chi connectivity index (χ4v) is 2.85. The first kappa shape index (κ1) is 17.2. The van der Waals surface area contributed by atoms with Crippen LogP contribution in [-0.4, -0.2) is 23.8 Å². The third kappa shape index (κ3) is 4.42. The molecule has 1 N–H and O–H groups in total. The third-order valence-corrected chi connectivity index (χ3v) is 4.68. The van der Waals surface area contributed by atoms with Gasteiger partial charge in [-0.25, -0.2) is 0 Å². The van der Waals surface area contributed by atoms with Crippen LogP contribution in [0.2, 0.25) is 0 Å². The second kappa shape index (κ2) is 7.92. The predicted molar refractivity (Wildman–Crippen MR) is 94.6 cm³/mol. The molecule has 0 aliphatic carbocycles. The molecule has 0 aliphatic rings. The zero-order valence-electron chi connectivity index (χ0n) is 13.7. The summed E-state index contributed by atoms with van der Waals surface area (Å²) in [6.45, 7) is 4.35. The summed E-state index contributed by atoms with van der Waals surface area (Å²) in [5, 5.41) is 4.86. The van der Waals surface area contributed by atoms with Gasteiger partial charge in [0.2, 0.25) is 5.91 Å². The van der Waals surface area contributed by atoms with Crippen LogP contribution in [0.3, 0.4) is 0 Å². The summed E-state index contributed by atoms with van der Waals surface area (Å²) < 4.78 is 0. The van der Waals surface area contributed by atoms with Crippen LogP contribution in [0, 0.1) is 5.92 Å². The Morgan fingerprint density at radius 1 is 1.22 bits per heavy atom. The molecule has 0 bridgehead atoms. The molecule has 2 aromatic rings. The summed E-state index contributed by atoms with van der Waals surface area (Å²) in [7, 11) is 1.77. The molecule has 2 rings (SSSR count). The van der Waals surface area contributed by atoms with Crippen molar-refractivity contribution in [2.24, 2.45) is 5.92 Å². The van der Waals surface area contributed by atoms with Crippen LogP contribution < -0.4 is 5.32 Å². The fourth-order valence-electron chi connectivity index (χ4n) is 2.14. The van der Waals surface area contributed by atoms with Gasteiger partial charge in [-0.15, -0.1) is 11.3 Å². The van der Waals surface area contributed by atoms with Gasteiger partial charge in [0.05, 0.1) is 4.88 Å².